The van der Waals surface area contributed by atoms with Crippen molar-refractivity contribution in [2.24, 2.45) is 0 Å². The first-order chi connectivity index (χ1) is 14.0. The van der Waals surface area contributed by atoms with Crippen molar-refractivity contribution in [3.63, 3.8) is 0 Å². The van der Waals surface area contributed by atoms with Crippen LogP contribution in [0, 0.1) is 25.2 Å². The number of hydrogen-bond donors (Lipinski definition) is 0. The lowest BCUT2D eigenvalue weighted by molar-refractivity contribution is 0.965. The molecule has 0 unspecified atom stereocenters. The van der Waals surface area contributed by atoms with Crippen LogP contribution in [0.15, 0.2) is 57.8 Å². The molecular weight excluding hydrogens is 441 g/mol. The number of fused-ring (bicyclic) bond motifs is 1. The lowest BCUT2D eigenvalue weighted by atomic mass is 10.2. The first kappa shape index (κ1) is 20.1. The topological polar surface area (TPSA) is 41.6 Å². The minimum absolute atomic E-state index is 0.583. The molecule has 4 rings (SSSR count). The number of hydrogen-bond acceptors (Lipinski definition) is 4. The first-order valence-corrected chi connectivity index (χ1v) is 11.1. The lowest BCUT2D eigenvalue weighted by Crippen LogP contribution is -2.00. The fourth-order valence-corrected chi connectivity index (χ4v) is 5.64. The third-order valence-electron chi connectivity index (χ3n) is 4.49. The highest BCUT2D eigenvalue weighted by Gasteiger charge is 2.14. The molecule has 4 aromatic rings. The molecule has 0 saturated carbocycles. The fraction of sp³-hybridized carbons (Fsp3) is 0.0909. The standard InChI is InChI=1S/C22H15Cl2N3S2/c1-13-9-15(14(2)27(13)20-8-7-16(23)11-18(20)24)10-17(12-25)28-22-26-19-5-3-4-6-21(19)29-22/h3-11H,1-2H3. The molecule has 0 fully saturated rings. The van der Waals surface area contributed by atoms with Gasteiger partial charge in [0.2, 0.25) is 0 Å². The number of thioether (sulfide) groups is 1. The van der Waals surface area contributed by atoms with E-state index >= 15 is 0 Å². The maximum absolute atomic E-state index is 9.68. The van der Waals surface area contributed by atoms with Gasteiger partial charge in [-0.25, -0.2) is 4.98 Å². The van der Waals surface area contributed by atoms with Gasteiger partial charge in [0.25, 0.3) is 0 Å². The molecule has 2 aromatic carbocycles. The first-order valence-electron chi connectivity index (χ1n) is 8.76. The van der Waals surface area contributed by atoms with E-state index in [0.717, 1.165) is 37.2 Å². The zero-order valence-electron chi connectivity index (χ0n) is 15.6. The largest absolute Gasteiger partial charge is 0.316 e. The Morgan fingerprint density at radius 2 is 1.97 bits per heavy atom. The SMILES string of the molecule is Cc1cc(C=C(C#N)Sc2nc3ccccc3s2)c(C)n1-c1ccc(Cl)cc1Cl. The molecule has 7 heteroatoms. The van der Waals surface area contributed by atoms with Gasteiger partial charge >= 0.3 is 0 Å². The summed E-state index contributed by atoms with van der Waals surface area (Å²) in [5, 5.41) is 10.9. The summed E-state index contributed by atoms with van der Waals surface area (Å²) in [4.78, 5) is 5.20. The summed E-state index contributed by atoms with van der Waals surface area (Å²) in [6, 6.07) is 17.8. The Kier molecular flexibility index (Phi) is 5.71. The molecule has 2 aromatic heterocycles. The number of thiazole rings is 1. The highest BCUT2D eigenvalue weighted by Crippen LogP contribution is 2.35. The molecule has 2 heterocycles. The van der Waals surface area contributed by atoms with Crippen LogP contribution in [-0.2, 0) is 0 Å². The van der Waals surface area contributed by atoms with Crippen LogP contribution in [0.4, 0.5) is 0 Å². The normalized spacial score (nSPS) is 11.8. The smallest absolute Gasteiger partial charge is 0.156 e. The van der Waals surface area contributed by atoms with Gasteiger partial charge in [0.05, 0.1) is 25.8 Å². The second kappa shape index (κ2) is 8.25. The van der Waals surface area contributed by atoms with Crippen LogP contribution in [0.1, 0.15) is 17.0 Å². The van der Waals surface area contributed by atoms with Crippen molar-refractivity contribution < 1.29 is 0 Å². The second-order valence-electron chi connectivity index (χ2n) is 6.43. The van der Waals surface area contributed by atoms with E-state index in [1.165, 1.54) is 11.8 Å². The van der Waals surface area contributed by atoms with Crippen LogP contribution in [0.2, 0.25) is 10.0 Å². The number of benzene rings is 2. The van der Waals surface area contributed by atoms with E-state index < -0.39 is 0 Å². The van der Waals surface area contributed by atoms with Gasteiger partial charge in [-0.05, 0) is 73.6 Å². The lowest BCUT2D eigenvalue weighted by Gasteiger charge is -2.12. The molecule has 0 amide bonds. The molecular formula is C22H15Cl2N3S2. The van der Waals surface area contributed by atoms with Gasteiger partial charge in [0.15, 0.2) is 4.34 Å². The van der Waals surface area contributed by atoms with E-state index in [-0.39, 0.29) is 0 Å². The zero-order valence-corrected chi connectivity index (χ0v) is 18.8. The molecule has 3 nitrogen and oxygen atoms in total. The van der Waals surface area contributed by atoms with Crippen LogP contribution in [-0.4, -0.2) is 9.55 Å². The van der Waals surface area contributed by atoms with Crippen LogP contribution in [0.25, 0.3) is 22.0 Å². The van der Waals surface area contributed by atoms with Crippen molar-refractivity contribution >= 4 is 62.6 Å². The summed E-state index contributed by atoms with van der Waals surface area (Å²) >= 11 is 15.4. The average Bonchev–Trinajstić information content (AvgIpc) is 3.22. The molecule has 0 aliphatic heterocycles. The van der Waals surface area contributed by atoms with Crippen molar-refractivity contribution in [1.82, 2.24) is 9.55 Å². The zero-order chi connectivity index (χ0) is 20.5. The Bertz CT molecular complexity index is 1260. The molecule has 0 atom stereocenters. The molecule has 0 radical (unpaired) electrons. The summed E-state index contributed by atoms with van der Waals surface area (Å²) in [5.41, 5.74) is 4.82. The fourth-order valence-electron chi connectivity index (χ4n) is 3.18. The minimum Gasteiger partial charge on any atom is -0.316 e. The van der Waals surface area contributed by atoms with Gasteiger partial charge in [-0.1, -0.05) is 35.3 Å². The van der Waals surface area contributed by atoms with Crippen molar-refractivity contribution in [1.29, 1.82) is 5.26 Å². The van der Waals surface area contributed by atoms with Gasteiger partial charge in [-0.3, -0.25) is 0 Å². The van der Waals surface area contributed by atoms with Gasteiger partial charge in [-0.15, -0.1) is 11.3 Å². The Balaban J connectivity index is 1.70. The minimum atomic E-state index is 0.583. The van der Waals surface area contributed by atoms with Crippen molar-refractivity contribution in [3.05, 3.63) is 80.4 Å². The molecule has 0 N–H and O–H groups in total. The quantitative estimate of drug-likeness (QED) is 0.234. The third-order valence-corrected chi connectivity index (χ3v) is 7.05. The Morgan fingerprint density at radius 3 is 2.69 bits per heavy atom. The molecule has 0 saturated heterocycles. The summed E-state index contributed by atoms with van der Waals surface area (Å²) in [5.74, 6) is 0. The van der Waals surface area contributed by atoms with Gasteiger partial charge in [-0.2, -0.15) is 5.26 Å². The Hall–Kier alpha value is -2.23. The molecule has 0 aliphatic carbocycles. The molecule has 144 valence electrons. The van der Waals surface area contributed by atoms with E-state index in [1.54, 1.807) is 17.4 Å². The molecule has 0 aliphatic rings. The van der Waals surface area contributed by atoms with Crippen molar-refractivity contribution in [2.45, 2.75) is 18.2 Å². The summed E-state index contributed by atoms with van der Waals surface area (Å²) in [6.07, 6.45) is 1.90. The Labute approximate surface area is 187 Å². The highest BCUT2D eigenvalue weighted by molar-refractivity contribution is 8.05. The Morgan fingerprint density at radius 1 is 1.17 bits per heavy atom. The molecule has 0 spiro atoms. The van der Waals surface area contributed by atoms with E-state index in [1.807, 2.05) is 56.3 Å². The number of aryl methyl sites for hydroxylation is 1. The van der Waals surface area contributed by atoms with Crippen molar-refractivity contribution in [2.75, 3.05) is 0 Å². The number of allylic oxidation sites excluding steroid dienone is 1. The highest BCUT2D eigenvalue weighted by atomic mass is 35.5. The monoisotopic (exact) mass is 455 g/mol. The van der Waals surface area contributed by atoms with E-state index in [0.29, 0.717) is 15.0 Å². The molecule has 29 heavy (non-hydrogen) atoms. The number of nitriles is 1. The predicted octanol–water partition coefficient (Wildman–Crippen LogP) is 7.67. The van der Waals surface area contributed by atoms with Crippen LogP contribution < -0.4 is 0 Å². The average molecular weight is 456 g/mol. The maximum atomic E-state index is 9.68. The number of halogens is 2. The number of nitrogens with zero attached hydrogens (tertiary/aromatic N) is 3. The van der Waals surface area contributed by atoms with E-state index in [9.17, 15) is 5.26 Å². The number of aromatic nitrogens is 2. The van der Waals surface area contributed by atoms with Crippen molar-refractivity contribution in [3.8, 4) is 11.8 Å². The second-order valence-corrected chi connectivity index (χ2v) is 9.59. The summed E-state index contributed by atoms with van der Waals surface area (Å²) in [6.45, 7) is 4.03. The predicted molar refractivity (Wildman–Crippen MR) is 124 cm³/mol. The van der Waals surface area contributed by atoms with Gasteiger partial charge in [0, 0.05) is 16.4 Å². The third kappa shape index (κ3) is 4.08. The van der Waals surface area contributed by atoms with Crippen LogP contribution in [0.5, 0.6) is 0 Å². The van der Waals surface area contributed by atoms with Crippen LogP contribution in [0.3, 0.4) is 0 Å². The number of rotatable bonds is 4. The van der Waals surface area contributed by atoms with Crippen LogP contribution >= 0.6 is 46.3 Å². The number of para-hydroxylation sites is 1. The maximum Gasteiger partial charge on any atom is 0.156 e. The van der Waals surface area contributed by atoms with E-state index in [2.05, 4.69) is 21.7 Å². The van der Waals surface area contributed by atoms with Gasteiger partial charge < -0.3 is 4.57 Å². The molecule has 0 bridgehead atoms. The van der Waals surface area contributed by atoms with Gasteiger partial charge in [0.1, 0.15) is 6.07 Å². The van der Waals surface area contributed by atoms with E-state index in [4.69, 9.17) is 23.2 Å². The summed E-state index contributed by atoms with van der Waals surface area (Å²) in [7, 11) is 0. The summed E-state index contributed by atoms with van der Waals surface area (Å²) < 4.78 is 4.04.